The highest BCUT2D eigenvalue weighted by molar-refractivity contribution is 5.37. The van der Waals surface area contributed by atoms with Gasteiger partial charge in [-0.1, -0.05) is 57.6 Å². The van der Waals surface area contributed by atoms with E-state index >= 15 is 0 Å². The Labute approximate surface area is 167 Å². The number of aryl methyl sites for hydroxylation is 1. The summed E-state index contributed by atoms with van der Waals surface area (Å²) in [7, 11) is 0. The quantitative estimate of drug-likeness (QED) is 0.306. The van der Waals surface area contributed by atoms with Gasteiger partial charge in [-0.05, 0) is 86.0 Å². The van der Waals surface area contributed by atoms with Gasteiger partial charge in [0.1, 0.15) is 5.75 Å². The maximum Gasteiger partial charge on any atom is 0.119 e. The van der Waals surface area contributed by atoms with Gasteiger partial charge in [0.25, 0.3) is 0 Å². The van der Waals surface area contributed by atoms with Gasteiger partial charge in [0.2, 0.25) is 0 Å². The number of hydrogen-bond acceptors (Lipinski definition) is 1. The van der Waals surface area contributed by atoms with Crippen molar-refractivity contribution in [2.75, 3.05) is 6.61 Å². The van der Waals surface area contributed by atoms with E-state index in [0.29, 0.717) is 0 Å². The Morgan fingerprint density at radius 3 is 2.63 bits per heavy atom. The van der Waals surface area contributed by atoms with Crippen molar-refractivity contribution >= 4 is 0 Å². The molecule has 0 amide bonds. The van der Waals surface area contributed by atoms with Crippen LogP contribution in [0.25, 0.3) is 0 Å². The van der Waals surface area contributed by atoms with Crippen LogP contribution in [0.3, 0.4) is 0 Å². The second-order valence-corrected chi connectivity index (χ2v) is 8.99. The predicted molar refractivity (Wildman–Crippen MR) is 116 cm³/mol. The molecule has 0 saturated heterocycles. The summed E-state index contributed by atoms with van der Waals surface area (Å²) in [5, 5.41) is 0. The lowest BCUT2D eigenvalue weighted by molar-refractivity contribution is 0.183. The number of rotatable bonds is 10. The van der Waals surface area contributed by atoms with Crippen LogP contribution in [0.4, 0.5) is 0 Å². The van der Waals surface area contributed by atoms with Crippen molar-refractivity contribution in [2.45, 2.75) is 90.4 Å². The number of hydrogen-bond donors (Lipinski definition) is 0. The zero-order valence-electron chi connectivity index (χ0n) is 17.6. The molecular weight excluding hydrogens is 328 g/mol. The number of benzene rings is 1. The molecule has 2 aliphatic carbocycles. The third-order valence-electron chi connectivity index (χ3n) is 7.04. The van der Waals surface area contributed by atoms with Crippen LogP contribution in [-0.2, 0) is 12.8 Å². The van der Waals surface area contributed by atoms with Crippen LogP contribution < -0.4 is 4.74 Å². The number of ether oxygens (including phenoxy) is 1. The molecule has 1 unspecified atom stereocenters. The van der Waals surface area contributed by atoms with E-state index in [1.807, 2.05) is 6.08 Å². The van der Waals surface area contributed by atoms with Crippen LogP contribution in [0.2, 0.25) is 0 Å². The molecule has 1 heteroatoms. The molecule has 1 atom stereocenters. The molecule has 2 aliphatic rings. The molecule has 3 rings (SSSR count). The first-order chi connectivity index (χ1) is 13.3. The van der Waals surface area contributed by atoms with Crippen molar-refractivity contribution in [3.63, 3.8) is 0 Å². The number of unbranched alkanes of at least 4 members (excludes halogenated alkanes) is 3. The SMILES string of the molecule is C=CCCCOc1ccc2c(c1)CCC(C1CCC(CCCCC)CC1)C2. The smallest absolute Gasteiger partial charge is 0.119 e. The number of fused-ring (bicyclic) bond motifs is 1. The third-order valence-corrected chi connectivity index (χ3v) is 7.04. The average molecular weight is 369 g/mol. The van der Waals surface area contributed by atoms with Gasteiger partial charge in [0.05, 0.1) is 6.61 Å². The lowest BCUT2D eigenvalue weighted by atomic mass is 9.69. The molecule has 1 nitrogen and oxygen atoms in total. The van der Waals surface area contributed by atoms with Crippen LogP contribution in [0.5, 0.6) is 5.75 Å². The Morgan fingerprint density at radius 2 is 1.85 bits per heavy atom. The van der Waals surface area contributed by atoms with Crippen LogP contribution >= 0.6 is 0 Å². The Morgan fingerprint density at radius 1 is 1.00 bits per heavy atom. The fourth-order valence-electron chi connectivity index (χ4n) is 5.30. The molecule has 0 N–H and O–H groups in total. The van der Waals surface area contributed by atoms with Crippen LogP contribution in [0, 0.1) is 17.8 Å². The minimum Gasteiger partial charge on any atom is -0.494 e. The molecule has 0 heterocycles. The van der Waals surface area contributed by atoms with E-state index in [1.165, 1.54) is 70.6 Å². The summed E-state index contributed by atoms with van der Waals surface area (Å²) < 4.78 is 5.92. The van der Waals surface area contributed by atoms with Gasteiger partial charge in [-0.2, -0.15) is 0 Å². The molecule has 0 spiro atoms. The van der Waals surface area contributed by atoms with E-state index in [-0.39, 0.29) is 0 Å². The molecule has 0 aliphatic heterocycles. The molecule has 0 radical (unpaired) electrons. The minimum absolute atomic E-state index is 0.801. The van der Waals surface area contributed by atoms with E-state index < -0.39 is 0 Å². The maximum absolute atomic E-state index is 5.92. The summed E-state index contributed by atoms with van der Waals surface area (Å²) in [5.74, 6) is 4.00. The number of allylic oxidation sites excluding steroid dienone is 1. The average Bonchev–Trinajstić information content (AvgIpc) is 2.71. The fourth-order valence-corrected chi connectivity index (χ4v) is 5.30. The summed E-state index contributed by atoms with van der Waals surface area (Å²) in [6, 6.07) is 6.85. The molecule has 150 valence electrons. The van der Waals surface area contributed by atoms with E-state index in [2.05, 4.69) is 31.7 Å². The van der Waals surface area contributed by atoms with Crippen LogP contribution in [0.15, 0.2) is 30.9 Å². The molecule has 1 saturated carbocycles. The molecule has 27 heavy (non-hydrogen) atoms. The van der Waals surface area contributed by atoms with Gasteiger partial charge in [-0.25, -0.2) is 0 Å². The van der Waals surface area contributed by atoms with Gasteiger partial charge in [-0.3, -0.25) is 0 Å². The van der Waals surface area contributed by atoms with Crippen molar-refractivity contribution in [3.05, 3.63) is 42.0 Å². The predicted octanol–water partition coefficient (Wildman–Crippen LogP) is 7.52. The van der Waals surface area contributed by atoms with E-state index in [0.717, 1.165) is 43.0 Å². The third kappa shape index (κ3) is 6.13. The first-order valence-electron chi connectivity index (χ1n) is 11.7. The lowest BCUT2D eigenvalue weighted by Crippen LogP contribution is -2.26. The minimum atomic E-state index is 0.801. The summed E-state index contributed by atoms with van der Waals surface area (Å²) >= 11 is 0. The van der Waals surface area contributed by atoms with Crippen molar-refractivity contribution in [1.82, 2.24) is 0 Å². The van der Waals surface area contributed by atoms with Gasteiger partial charge in [0.15, 0.2) is 0 Å². The molecular formula is C26H40O. The van der Waals surface area contributed by atoms with Gasteiger partial charge in [-0.15, -0.1) is 6.58 Å². The monoisotopic (exact) mass is 368 g/mol. The van der Waals surface area contributed by atoms with Gasteiger partial charge < -0.3 is 4.74 Å². The Kier molecular flexibility index (Phi) is 8.30. The van der Waals surface area contributed by atoms with Gasteiger partial charge in [0, 0.05) is 0 Å². The Hall–Kier alpha value is -1.24. The normalized spacial score (nSPS) is 25.0. The summed E-state index contributed by atoms with van der Waals surface area (Å²) in [4.78, 5) is 0. The second kappa shape index (κ2) is 10.9. The summed E-state index contributed by atoms with van der Waals surface area (Å²) in [6.07, 6.45) is 19.7. The fraction of sp³-hybridized carbons (Fsp3) is 0.692. The lowest BCUT2D eigenvalue weighted by Gasteiger charge is -2.36. The molecule has 1 fully saturated rings. The topological polar surface area (TPSA) is 9.23 Å². The van der Waals surface area contributed by atoms with E-state index in [9.17, 15) is 0 Å². The largest absolute Gasteiger partial charge is 0.494 e. The first-order valence-corrected chi connectivity index (χ1v) is 11.7. The molecule has 0 bridgehead atoms. The van der Waals surface area contributed by atoms with Crippen molar-refractivity contribution in [1.29, 1.82) is 0 Å². The highest BCUT2D eigenvalue weighted by Gasteiger charge is 2.30. The highest BCUT2D eigenvalue weighted by Crippen LogP contribution is 2.41. The van der Waals surface area contributed by atoms with Gasteiger partial charge >= 0.3 is 0 Å². The van der Waals surface area contributed by atoms with E-state index in [1.54, 1.807) is 11.1 Å². The summed E-state index contributed by atoms with van der Waals surface area (Å²) in [6.45, 7) is 6.89. The van der Waals surface area contributed by atoms with Crippen molar-refractivity contribution < 1.29 is 4.74 Å². The standard InChI is InChI=1S/C26H40O/c1-3-5-7-9-21-10-12-22(13-11-21)23-14-15-25-20-26(17-16-24(25)19-23)27-18-8-6-4-2/h4,16-17,20-23H,2-3,5-15,18-19H2,1H3. The van der Waals surface area contributed by atoms with Crippen LogP contribution in [-0.4, -0.2) is 6.61 Å². The molecule has 0 aromatic heterocycles. The Balaban J connectivity index is 1.45. The highest BCUT2D eigenvalue weighted by atomic mass is 16.5. The van der Waals surface area contributed by atoms with E-state index in [4.69, 9.17) is 4.74 Å². The maximum atomic E-state index is 5.92. The van der Waals surface area contributed by atoms with Crippen LogP contribution in [0.1, 0.15) is 88.7 Å². The Bertz CT molecular complexity index is 568. The molecule has 1 aromatic rings. The second-order valence-electron chi connectivity index (χ2n) is 8.99. The first kappa shape index (κ1) is 20.5. The van der Waals surface area contributed by atoms with Crippen molar-refractivity contribution in [3.8, 4) is 5.75 Å². The molecule has 1 aromatic carbocycles. The summed E-state index contributed by atoms with van der Waals surface area (Å²) in [5.41, 5.74) is 3.13. The zero-order chi connectivity index (χ0) is 18.9. The zero-order valence-corrected chi connectivity index (χ0v) is 17.6. The van der Waals surface area contributed by atoms with Crippen molar-refractivity contribution in [2.24, 2.45) is 17.8 Å².